The Hall–Kier alpha value is -0.0400. The molecule has 2 unspecified atom stereocenters. The largest absolute Gasteiger partial charge is 0.316 e. The van der Waals surface area contributed by atoms with Gasteiger partial charge in [-0.05, 0) is 37.8 Å². The lowest BCUT2D eigenvalue weighted by Gasteiger charge is -2.09. The first-order chi connectivity index (χ1) is 4.83. The molecule has 1 fully saturated rings. The maximum Gasteiger partial charge on any atom is -0.00205 e. The summed E-state index contributed by atoms with van der Waals surface area (Å²) in [6, 6.07) is 0. The Morgan fingerprint density at radius 1 is 1.30 bits per heavy atom. The van der Waals surface area contributed by atoms with Gasteiger partial charge in [0.05, 0.1) is 0 Å². The summed E-state index contributed by atoms with van der Waals surface area (Å²) >= 11 is 0. The lowest BCUT2D eigenvalue weighted by Crippen LogP contribution is -2.22. The van der Waals surface area contributed by atoms with Gasteiger partial charge in [-0.1, -0.05) is 20.3 Å². The zero-order chi connectivity index (χ0) is 7.40. The fraction of sp³-hybridized carbons (Fsp3) is 1.00. The Morgan fingerprint density at radius 3 is 2.80 bits per heavy atom. The molecule has 2 atom stereocenters. The molecule has 1 heterocycles. The molecule has 1 nitrogen and oxygen atoms in total. The van der Waals surface area contributed by atoms with Crippen LogP contribution < -0.4 is 5.32 Å². The summed E-state index contributed by atoms with van der Waals surface area (Å²) in [7, 11) is 0. The SMILES string of the molecule is CCC1CCC(C)CNC1. The minimum Gasteiger partial charge on any atom is -0.316 e. The van der Waals surface area contributed by atoms with Gasteiger partial charge in [-0.3, -0.25) is 0 Å². The molecule has 60 valence electrons. The summed E-state index contributed by atoms with van der Waals surface area (Å²) < 4.78 is 0. The van der Waals surface area contributed by atoms with E-state index in [0.29, 0.717) is 0 Å². The van der Waals surface area contributed by atoms with Crippen molar-refractivity contribution in [2.45, 2.75) is 33.1 Å². The van der Waals surface area contributed by atoms with Gasteiger partial charge in [0.2, 0.25) is 0 Å². The third-order valence-electron chi connectivity index (χ3n) is 2.57. The number of nitrogens with one attached hydrogen (secondary N) is 1. The third kappa shape index (κ3) is 2.30. The van der Waals surface area contributed by atoms with Crippen LogP contribution in [0.1, 0.15) is 33.1 Å². The van der Waals surface area contributed by atoms with E-state index in [1.807, 2.05) is 0 Å². The van der Waals surface area contributed by atoms with Gasteiger partial charge in [-0.2, -0.15) is 0 Å². The predicted octanol–water partition coefficient (Wildman–Crippen LogP) is 2.03. The molecule has 1 aliphatic rings. The van der Waals surface area contributed by atoms with Crippen molar-refractivity contribution in [2.75, 3.05) is 13.1 Å². The highest BCUT2D eigenvalue weighted by Crippen LogP contribution is 2.17. The van der Waals surface area contributed by atoms with Gasteiger partial charge in [0.25, 0.3) is 0 Å². The molecule has 1 saturated heterocycles. The quantitative estimate of drug-likeness (QED) is 0.589. The standard InChI is InChI=1S/C9H19N/c1-3-9-5-4-8(2)6-10-7-9/h8-10H,3-7H2,1-2H3. The lowest BCUT2D eigenvalue weighted by molar-refractivity contribution is 0.454. The van der Waals surface area contributed by atoms with Crippen molar-refractivity contribution in [1.29, 1.82) is 0 Å². The molecule has 1 aliphatic heterocycles. The highest BCUT2D eigenvalue weighted by atomic mass is 14.9. The second-order valence-corrected chi connectivity index (χ2v) is 3.62. The van der Waals surface area contributed by atoms with E-state index in [9.17, 15) is 0 Å². The van der Waals surface area contributed by atoms with Crippen LogP contribution in [0.2, 0.25) is 0 Å². The van der Waals surface area contributed by atoms with Gasteiger partial charge in [0.1, 0.15) is 0 Å². The Labute approximate surface area is 64.2 Å². The van der Waals surface area contributed by atoms with E-state index in [4.69, 9.17) is 0 Å². The van der Waals surface area contributed by atoms with Crippen molar-refractivity contribution in [3.05, 3.63) is 0 Å². The molecular weight excluding hydrogens is 122 g/mol. The van der Waals surface area contributed by atoms with Gasteiger partial charge in [-0.15, -0.1) is 0 Å². The van der Waals surface area contributed by atoms with E-state index in [0.717, 1.165) is 11.8 Å². The van der Waals surface area contributed by atoms with Gasteiger partial charge >= 0.3 is 0 Å². The monoisotopic (exact) mass is 141 g/mol. The molecule has 0 bridgehead atoms. The van der Waals surface area contributed by atoms with E-state index < -0.39 is 0 Å². The minimum absolute atomic E-state index is 0.900. The van der Waals surface area contributed by atoms with Gasteiger partial charge in [0, 0.05) is 0 Å². The summed E-state index contributed by atoms with van der Waals surface area (Å²) in [6.07, 6.45) is 4.20. The Balaban J connectivity index is 2.26. The molecule has 1 heteroatoms. The van der Waals surface area contributed by atoms with Crippen molar-refractivity contribution < 1.29 is 0 Å². The average molecular weight is 141 g/mol. The third-order valence-corrected chi connectivity index (χ3v) is 2.57. The molecule has 0 amide bonds. The zero-order valence-corrected chi connectivity index (χ0v) is 7.19. The summed E-state index contributed by atoms with van der Waals surface area (Å²) in [6.45, 7) is 7.12. The fourth-order valence-corrected chi connectivity index (χ4v) is 1.61. The van der Waals surface area contributed by atoms with E-state index in [2.05, 4.69) is 19.2 Å². The molecule has 1 N–H and O–H groups in total. The molecule has 10 heavy (non-hydrogen) atoms. The van der Waals surface area contributed by atoms with Crippen LogP contribution >= 0.6 is 0 Å². The Kier molecular flexibility index (Phi) is 3.20. The first-order valence-corrected chi connectivity index (χ1v) is 4.53. The molecule has 0 aromatic heterocycles. The first kappa shape index (κ1) is 8.06. The molecule has 0 spiro atoms. The summed E-state index contributed by atoms with van der Waals surface area (Å²) in [5.41, 5.74) is 0. The van der Waals surface area contributed by atoms with E-state index in [1.165, 1.54) is 32.4 Å². The maximum atomic E-state index is 3.50. The van der Waals surface area contributed by atoms with Crippen LogP contribution in [0.5, 0.6) is 0 Å². The Bertz CT molecular complexity index is 90.7. The fourth-order valence-electron chi connectivity index (χ4n) is 1.61. The zero-order valence-electron chi connectivity index (χ0n) is 7.19. The van der Waals surface area contributed by atoms with Crippen LogP contribution in [0, 0.1) is 11.8 Å². The molecule has 0 radical (unpaired) electrons. The normalized spacial score (nSPS) is 35.4. The number of rotatable bonds is 1. The van der Waals surface area contributed by atoms with Crippen LogP contribution in [-0.4, -0.2) is 13.1 Å². The molecule has 0 aliphatic carbocycles. The molecule has 0 aromatic rings. The van der Waals surface area contributed by atoms with Crippen LogP contribution in [0.15, 0.2) is 0 Å². The van der Waals surface area contributed by atoms with E-state index in [1.54, 1.807) is 0 Å². The highest BCUT2D eigenvalue weighted by molar-refractivity contribution is 4.69. The second kappa shape index (κ2) is 3.97. The maximum absolute atomic E-state index is 3.50. The van der Waals surface area contributed by atoms with Crippen LogP contribution in [-0.2, 0) is 0 Å². The second-order valence-electron chi connectivity index (χ2n) is 3.62. The average Bonchev–Trinajstić information content (AvgIpc) is 2.14. The van der Waals surface area contributed by atoms with Crippen molar-refractivity contribution >= 4 is 0 Å². The smallest absolute Gasteiger partial charge is 0.00205 e. The molecule has 0 aromatic carbocycles. The predicted molar refractivity (Wildman–Crippen MR) is 45.0 cm³/mol. The van der Waals surface area contributed by atoms with E-state index in [-0.39, 0.29) is 0 Å². The highest BCUT2D eigenvalue weighted by Gasteiger charge is 2.13. The first-order valence-electron chi connectivity index (χ1n) is 4.53. The van der Waals surface area contributed by atoms with Crippen molar-refractivity contribution in [1.82, 2.24) is 5.32 Å². The summed E-state index contributed by atoms with van der Waals surface area (Å²) in [5.74, 6) is 1.85. The van der Waals surface area contributed by atoms with Crippen molar-refractivity contribution in [3.8, 4) is 0 Å². The van der Waals surface area contributed by atoms with Crippen LogP contribution in [0.25, 0.3) is 0 Å². The topological polar surface area (TPSA) is 12.0 Å². The lowest BCUT2D eigenvalue weighted by atomic mass is 9.98. The summed E-state index contributed by atoms with van der Waals surface area (Å²) in [4.78, 5) is 0. The van der Waals surface area contributed by atoms with E-state index >= 15 is 0 Å². The Morgan fingerprint density at radius 2 is 2.10 bits per heavy atom. The van der Waals surface area contributed by atoms with Crippen LogP contribution in [0.3, 0.4) is 0 Å². The number of hydrogen-bond acceptors (Lipinski definition) is 1. The molecular formula is C9H19N. The van der Waals surface area contributed by atoms with Gasteiger partial charge < -0.3 is 5.32 Å². The van der Waals surface area contributed by atoms with Crippen molar-refractivity contribution in [3.63, 3.8) is 0 Å². The molecule has 0 saturated carbocycles. The minimum atomic E-state index is 0.900. The summed E-state index contributed by atoms with van der Waals surface area (Å²) in [5, 5.41) is 3.50. The van der Waals surface area contributed by atoms with Gasteiger partial charge in [0.15, 0.2) is 0 Å². The van der Waals surface area contributed by atoms with Crippen LogP contribution in [0.4, 0.5) is 0 Å². The molecule has 1 rings (SSSR count). The number of hydrogen-bond donors (Lipinski definition) is 1. The van der Waals surface area contributed by atoms with Crippen molar-refractivity contribution in [2.24, 2.45) is 11.8 Å². The van der Waals surface area contributed by atoms with Gasteiger partial charge in [-0.25, -0.2) is 0 Å².